The number of fused-ring (bicyclic) bond motifs is 1. The predicted molar refractivity (Wildman–Crippen MR) is 108 cm³/mol. The first-order valence-electron chi connectivity index (χ1n) is 8.67. The van der Waals surface area contributed by atoms with E-state index in [4.69, 9.17) is 15.2 Å². The number of methoxy groups -OCH3 is 1. The van der Waals surface area contributed by atoms with Gasteiger partial charge in [-0.15, -0.1) is 11.3 Å². The summed E-state index contributed by atoms with van der Waals surface area (Å²) in [5.41, 5.74) is 5.57. The number of carbonyl (C=O) groups excluding carboxylic acids is 1. The summed E-state index contributed by atoms with van der Waals surface area (Å²) in [6, 6.07) is 8.94. The van der Waals surface area contributed by atoms with Crippen molar-refractivity contribution in [1.29, 1.82) is 0 Å². The van der Waals surface area contributed by atoms with Gasteiger partial charge in [-0.25, -0.2) is 9.18 Å². The van der Waals surface area contributed by atoms with Crippen molar-refractivity contribution in [2.45, 2.75) is 32.3 Å². The largest absolute Gasteiger partial charge is 0.496 e. The molecule has 1 aromatic heterocycles. The normalized spacial score (nSPS) is 12.8. The van der Waals surface area contributed by atoms with E-state index in [-0.39, 0.29) is 17.1 Å². The number of carbonyl (C=O) groups is 1. The van der Waals surface area contributed by atoms with Gasteiger partial charge in [0.2, 0.25) is 0 Å². The molecule has 5 nitrogen and oxygen atoms in total. The molecule has 3 aromatic rings. The van der Waals surface area contributed by atoms with E-state index in [1.807, 2.05) is 29.6 Å². The fourth-order valence-electron chi connectivity index (χ4n) is 3.29. The van der Waals surface area contributed by atoms with E-state index in [1.165, 1.54) is 24.5 Å². The van der Waals surface area contributed by atoms with Crippen molar-refractivity contribution >= 4 is 27.5 Å². The minimum absolute atomic E-state index is 0.197. The molecule has 0 spiro atoms. The van der Waals surface area contributed by atoms with E-state index in [0.717, 1.165) is 10.1 Å². The molecule has 1 atom stereocenters. The molecule has 3 rings (SSSR count). The second-order valence-electron chi connectivity index (χ2n) is 7.45. The quantitative estimate of drug-likeness (QED) is 0.650. The number of benzene rings is 2. The van der Waals surface area contributed by atoms with Crippen LogP contribution in [-0.2, 0) is 5.41 Å². The number of thiophene rings is 1. The maximum absolute atomic E-state index is 15.1. The molecule has 3 N–H and O–H groups in total. The van der Waals surface area contributed by atoms with Crippen LogP contribution in [0.3, 0.4) is 0 Å². The van der Waals surface area contributed by atoms with Crippen molar-refractivity contribution in [2.24, 2.45) is 5.73 Å². The van der Waals surface area contributed by atoms with Gasteiger partial charge < -0.3 is 20.3 Å². The van der Waals surface area contributed by atoms with E-state index in [2.05, 4.69) is 0 Å². The number of amides is 1. The van der Waals surface area contributed by atoms with E-state index >= 15 is 4.39 Å². The lowest BCUT2D eigenvalue weighted by Gasteiger charge is -2.27. The highest BCUT2D eigenvalue weighted by molar-refractivity contribution is 7.17. The molecule has 0 aliphatic heterocycles. The first-order valence-corrected chi connectivity index (χ1v) is 9.55. The lowest BCUT2D eigenvalue weighted by Crippen LogP contribution is -2.21. The maximum atomic E-state index is 15.1. The van der Waals surface area contributed by atoms with Crippen molar-refractivity contribution in [2.75, 3.05) is 7.11 Å². The maximum Gasteiger partial charge on any atom is 0.410 e. The number of aliphatic hydroxyl groups excluding tert-OH is 1. The summed E-state index contributed by atoms with van der Waals surface area (Å²) in [5.74, 6) is -0.870. The summed E-state index contributed by atoms with van der Waals surface area (Å²) in [6.07, 6.45) is -2.24. The highest BCUT2D eigenvalue weighted by Crippen LogP contribution is 2.45. The van der Waals surface area contributed by atoms with Crippen LogP contribution in [0.5, 0.6) is 11.5 Å². The summed E-state index contributed by atoms with van der Waals surface area (Å²) < 4.78 is 26.5. The summed E-state index contributed by atoms with van der Waals surface area (Å²) in [4.78, 5) is 11.3. The smallest absolute Gasteiger partial charge is 0.410 e. The van der Waals surface area contributed by atoms with Gasteiger partial charge in [-0.1, -0.05) is 39.0 Å². The number of nitrogens with two attached hydrogens (primary N) is 1. The lowest BCUT2D eigenvalue weighted by molar-refractivity contribution is 0.204. The molecule has 1 unspecified atom stereocenters. The van der Waals surface area contributed by atoms with Crippen LogP contribution in [0.1, 0.15) is 43.6 Å². The average Bonchev–Trinajstić information content (AvgIpc) is 3.05. The Hall–Kier alpha value is -2.64. The molecule has 0 aliphatic rings. The van der Waals surface area contributed by atoms with Crippen LogP contribution in [0.25, 0.3) is 10.1 Å². The summed E-state index contributed by atoms with van der Waals surface area (Å²) >= 11 is 1.50. The van der Waals surface area contributed by atoms with Gasteiger partial charge in [-0.2, -0.15) is 0 Å². The summed E-state index contributed by atoms with van der Waals surface area (Å²) in [7, 11) is 1.42. The second kappa shape index (κ2) is 7.41. The van der Waals surface area contributed by atoms with Crippen LogP contribution in [0, 0.1) is 5.82 Å². The van der Waals surface area contributed by atoms with Gasteiger partial charge in [-0.05, 0) is 28.3 Å². The zero-order valence-corrected chi connectivity index (χ0v) is 16.9. The number of rotatable bonds is 4. The third kappa shape index (κ3) is 3.55. The van der Waals surface area contributed by atoms with E-state index in [9.17, 15) is 9.90 Å². The van der Waals surface area contributed by atoms with E-state index in [0.29, 0.717) is 11.1 Å². The fraction of sp³-hybridized carbons (Fsp3) is 0.286. The molecule has 1 heterocycles. The minimum atomic E-state index is -1.13. The van der Waals surface area contributed by atoms with Crippen molar-refractivity contribution < 1.29 is 23.8 Å². The fourth-order valence-corrected chi connectivity index (χ4v) is 4.27. The first-order chi connectivity index (χ1) is 13.1. The standard InChI is InChI=1S/C21H22FNO4S/c1-21(2,3)16-17(22)14(27-20(23)25)9-12(19(16)26-4)18(24)13-10-28-15-8-6-5-7-11(13)15/h5-10,18,24H,1-4H3,(H2,23,25). The van der Waals surface area contributed by atoms with Crippen molar-refractivity contribution in [3.8, 4) is 11.5 Å². The van der Waals surface area contributed by atoms with Gasteiger partial charge in [0.25, 0.3) is 0 Å². The van der Waals surface area contributed by atoms with Gasteiger partial charge >= 0.3 is 6.09 Å². The van der Waals surface area contributed by atoms with E-state index < -0.39 is 23.4 Å². The van der Waals surface area contributed by atoms with Crippen LogP contribution < -0.4 is 15.2 Å². The molecular formula is C21H22FNO4S. The van der Waals surface area contributed by atoms with Gasteiger partial charge in [0.1, 0.15) is 11.9 Å². The second-order valence-corrected chi connectivity index (χ2v) is 8.36. The Labute approximate surface area is 166 Å². The minimum Gasteiger partial charge on any atom is -0.496 e. The number of hydrogen-bond donors (Lipinski definition) is 2. The zero-order chi connectivity index (χ0) is 20.6. The average molecular weight is 403 g/mol. The SMILES string of the molecule is COc1c(C(O)c2csc3ccccc23)cc(OC(N)=O)c(F)c1C(C)(C)C. The molecule has 0 bridgehead atoms. The van der Waals surface area contributed by atoms with Crippen molar-refractivity contribution in [1.82, 2.24) is 0 Å². The van der Waals surface area contributed by atoms with Crippen LogP contribution in [0.2, 0.25) is 0 Å². The highest BCUT2D eigenvalue weighted by atomic mass is 32.1. The Kier molecular flexibility index (Phi) is 5.32. The van der Waals surface area contributed by atoms with Gasteiger partial charge in [-0.3, -0.25) is 0 Å². The molecule has 28 heavy (non-hydrogen) atoms. The van der Waals surface area contributed by atoms with Crippen LogP contribution in [0.4, 0.5) is 9.18 Å². The monoisotopic (exact) mass is 403 g/mol. The molecule has 0 aliphatic carbocycles. The summed E-state index contributed by atoms with van der Waals surface area (Å²) in [6.45, 7) is 5.41. The van der Waals surface area contributed by atoms with Gasteiger partial charge in [0.15, 0.2) is 11.6 Å². The number of halogens is 1. The number of hydrogen-bond acceptors (Lipinski definition) is 5. The Balaban J connectivity index is 2.27. The summed E-state index contributed by atoms with van der Waals surface area (Å²) in [5, 5.41) is 13.9. The third-order valence-corrected chi connectivity index (χ3v) is 5.46. The third-order valence-electron chi connectivity index (χ3n) is 4.48. The molecule has 2 aromatic carbocycles. The van der Waals surface area contributed by atoms with Crippen molar-refractivity contribution in [3.05, 3.63) is 58.2 Å². The molecule has 0 saturated heterocycles. The van der Waals surface area contributed by atoms with Gasteiger partial charge in [0.05, 0.1) is 7.11 Å². The first kappa shape index (κ1) is 20.1. The molecule has 0 radical (unpaired) electrons. The van der Waals surface area contributed by atoms with Crippen molar-refractivity contribution in [3.63, 3.8) is 0 Å². The van der Waals surface area contributed by atoms with Gasteiger partial charge in [0, 0.05) is 21.4 Å². The predicted octanol–water partition coefficient (Wildman–Crippen LogP) is 4.89. The Morgan fingerprint density at radius 2 is 1.93 bits per heavy atom. The number of primary amides is 1. The zero-order valence-electron chi connectivity index (χ0n) is 16.1. The van der Waals surface area contributed by atoms with Crippen LogP contribution in [0.15, 0.2) is 35.7 Å². The molecule has 1 amide bonds. The molecule has 7 heteroatoms. The highest BCUT2D eigenvalue weighted by Gasteiger charge is 2.32. The Morgan fingerprint density at radius 1 is 1.25 bits per heavy atom. The Morgan fingerprint density at radius 3 is 2.54 bits per heavy atom. The molecule has 0 fully saturated rings. The van der Waals surface area contributed by atoms with Crippen LogP contribution in [-0.4, -0.2) is 18.3 Å². The van der Waals surface area contributed by atoms with E-state index in [1.54, 1.807) is 20.8 Å². The number of aliphatic hydroxyl groups is 1. The topological polar surface area (TPSA) is 81.8 Å². The van der Waals surface area contributed by atoms with Crippen LogP contribution >= 0.6 is 11.3 Å². The Bertz CT molecular complexity index is 1040. The molecule has 148 valence electrons. The molecule has 0 saturated carbocycles. The molecular weight excluding hydrogens is 381 g/mol. The number of ether oxygens (including phenoxy) is 2. The lowest BCUT2D eigenvalue weighted by atomic mass is 9.83.